The Labute approximate surface area is 360 Å². The van der Waals surface area contributed by atoms with Gasteiger partial charge in [-0.3, -0.25) is 0 Å². The van der Waals surface area contributed by atoms with Gasteiger partial charge in [0.15, 0.2) is 12.2 Å². The van der Waals surface area contributed by atoms with Crippen molar-refractivity contribution in [3.05, 3.63) is 105 Å². The molecule has 63 heavy (non-hydrogen) atoms. The van der Waals surface area contributed by atoms with E-state index >= 15 is 0 Å². The number of carboxylic acids is 1. The van der Waals surface area contributed by atoms with Gasteiger partial charge in [0.1, 0.15) is 11.5 Å². The van der Waals surface area contributed by atoms with Crippen LogP contribution in [-0.2, 0) is 49.0 Å². The van der Waals surface area contributed by atoms with Crippen molar-refractivity contribution in [1.29, 1.82) is 0 Å². The van der Waals surface area contributed by atoms with Crippen LogP contribution >= 0.6 is 0 Å². The second kappa shape index (κ2) is 17.1. The second-order valence-electron chi connectivity index (χ2n) is 17.4. The Kier molecular flexibility index (Phi) is 11.7. The summed E-state index contributed by atoms with van der Waals surface area (Å²) in [7, 11) is 1.18. The van der Waals surface area contributed by atoms with E-state index in [1.807, 2.05) is 18.2 Å². The highest BCUT2D eigenvalue weighted by Crippen LogP contribution is 2.53. The number of carboxylic acid groups (broad SMARTS) is 1. The topological polar surface area (TPSA) is 101 Å². The summed E-state index contributed by atoms with van der Waals surface area (Å²) in [6, 6.07) is 16.1. The van der Waals surface area contributed by atoms with Crippen LogP contribution < -0.4 is 9.47 Å². The van der Waals surface area contributed by atoms with E-state index < -0.39 is 47.6 Å². The van der Waals surface area contributed by atoms with E-state index in [-0.39, 0.29) is 35.2 Å². The maximum absolute atomic E-state index is 14.2. The molecule has 4 saturated carbocycles. The first-order valence-electron chi connectivity index (χ1n) is 21.8. The average Bonchev–Trinajstić information content (AvgIpc) is 4.05. The Morgan fingerprint density at radius 3 is 1.43 bits per heavy atom. The van der Waals surface area contributed by atoms with Crippen LogP contribution in [0.2, 0.25) is 0 Å². The van der Waals surface area contributed by atoms with E-state index in [1.54, 1.807) is 24.3 Å². The molecule has 1 N–H and O–H groups in total. The molecule has 0 saturated heterocycles. The summed E-state index contributed by atoms with van der Waals surface area (Å²) < 4.78 is 113. The minimum atomic E-state index is -4.69. The zero-order valence-electron chi connectivity index (χ0n) is 34.7. The zero-order valence-corrected chi connectivity index (χ0v) is 34.7. The number of alkyl halides is 6. The van der Waals surface area contributed by atoms with E-state index in [0.717, 1.165) is 110 Å². The predicted molar refractivity (Wildman–Crippen MR) is 219 cm³/mol. The van der Waals surface area contributed by atoms with Gasteiger partial charge in [0.25, 0.3) is 0 Å². The lowest BCUT2D eigenvalue weighted by Gasteiger charge is -2.26. The quantitative estimate of drug-likeness (QED) is 0.111. The SMILES string of the molecule is COC(=O)C(OC1CC1)c1c(C(F)(F)F)ccc(C2CC2)c1-c1ccc2c(c1)CCCO2.O=C(O)C(OC1CC1)c1c(C(F)(F)F)ccc(C2CC2)c1-c1ccc2c(c1)CCCO2. The van der Waals surface area contributed by atoms with Gasteiger partial charge in [-0.05, 0) is 170 Å². The normalized spacial score (nSPS) is 19.3. The lowest BCUT2D eigenvalue weighted by Crippen LogP contribution is -2.24. The molecule has 0 radical (unpaired) electrons. The van der Waals surface area contributed by atoms with Gasteiger partial charge >= 0.3 is 24.3 Å². The molecule has 10 rings (SSSR count). The van der Waals surface area contributed by atoms with Crippen molar-refractivity contribution in [3.8, 4) is 33.8 Å². The van der Waals surface area contributed by atoms with Gasteiger partial charge in [0, 0.05) is 11.1 Å². The predicted octanol–water partition coefficient (Wildman–Crippen LogP) is 11.8. The first kappa shape index (κ1) is 43.2. The molecule has 4 aromatic rings. The summed E-state index contributed by atoms with van der Waals surface area (Å²) in [4.78, 5) is 24.9. The standard InChI is InChI=1S/C25H25F3O4.C24H23F3O4/c1-30-24(29)23(32-17-7-8-17)22-19(25(26,27)28)10-9-18(14-4-5-14)21(22)16-6-11-20-15(13-16)3-2-12-31-20;25-24(26,27)18-9-8-17(13-3-4-13)20(21(18)22(23(28)29)31-16-6-7-16)15-5-10-19-14(12-15)2-1-11-30-19/h6,9-11,13-14,17,23H,2-5,7-8,12H2,1H3;5,8-10,12-13,16,22H,1-4,6-7,11H2,(H,28,29). The van der Waals surface area contributed by atoms with Crippen LogP contribution in [0.3, 0.4) is 0 Å². The van der Waals surface area contributed by atoms with Crippen molar-refractivity contribution < 1.29 is 64.7 Å². The van der Waals surface area contributed by atoms with Crippen LogP contribution in [0, 0.1) is 0 Å². The smallest absolute Gasteiger partial charge is 0.416 e. The number of ether oxygens (including phenoxy) is 5. The lowest BCUT2D eigenvalue weighted by atomic mass is 9.85. The number of hydrogen-bond donors (Lipinski definition) is 1. The summed E-state index contributed by atoms with van der Waals surface area (Å²) in [6.45, 7) is 1.25. The van der Waals surface area contributed by atoms with E-state index in [9.17, 15) is 41.0 Å². The molecule has 4 aliphatic carbocycles. The maximum Gasteiger partial charge on any atom is 0.416 e. The van der Waals surface area contributed by atoms with Gasteiger partial charge < -0.3 is 28.8 Å². The molecule has 6 aliphatic rings. The fourth-order valence-electron chi connectivity index (χ4n) is 8.85. The molecule has 0 aromatic heterocycles. The molecule has 4 aromatic carbocycles. The number of esters is 1. The van der Waals surface area contributed by atoms with Crippen LogP contribution in [-0.4, -0.2) is 49.6 Å². The van der Waals surface area contributed by atoms with Gasteiger partial charge in [0.2, 0.25) is 0 Å². The number of methoxy groups -OCH3 is 1. The van der Waals surface area contributed by atoms with Crippen LogP contribution in [0.15, 0.2) is 60.7 Å². The third-order valence-corrected chi connectivity index (χ3v) is 12.5. The molecule has 14 heteroatoms. The number of carbonyl (C=O) groups is 2. The first-order chi connectivity index (χ1) is 30.2. The summed E-state index contributed by atoms with van der Waals surface area (Å²) in [5.41, 5.74) is 3.39. The molecular weight excluding hydrogens is 831 g/mol. The molecule has 334 valence electrons. The summed E-state index contributed by atoms with van der Waals surface area (Å²) >= 11 is 0. The van der Waals surface area contributed by atoms with Gasteiger partial charge in [-0.15, -0.1) is 0 Å². The molecule has 8 nitrogen and oxygen atoms in total. The highest BCUT2D eigenvalue weighted by molar-refractivity contribution is 5.85. The fraction of sp³-hybridized carbons (Fsp3) is 0.469. The van der Waals surface area contributed by atoms with Crippen molar-refractivity contribution in [3.63, 3.8) is 0 Å². The Morgan fingerprint density at radius 1 is 0.619 bits per heavy atom. The second-order valence-corrected chi connectivity index (χ2v) is 17.4. The number of hydrogen-bond acceptors (Lipinski definition) is 7. The Balaban J connectivity index is 0.000000160. The zero-order chi connectivity index (χ0) is 44.2. The van der Waals surface area contributed by atoms with E-state index in [1.165, 1.54) is 13.2 Å². The van der Waals surface area contributed by atoms with Crippen LogP contribution in [0.4, 0.5) is 26.3 Å². The monoisotopic (exact) mass is 878 g/mol. The van der Waals surface area contributed by atoms with Crippen molar-refractivity contribution in [2.75, 3.05) is 20.3 Å². The molecular formula is C49H48F6O8. The third-order valence-electron chi connectivity index (χ3n) is 12.5. The summed E-state index contributed by atoms with van der Waals surface area (Å²) in [5.74, 6) is -0.386. The number of benzene rings is 4. The van der Waals surface area contributed by atoms with Gasteiger partial charge in [0.05, 0.1) is 43.7 Å². The molecule has 2 unspecified atom stereocenters. The number of halogens is 6. The highest BCUT2D eigenvalue weighted by atomic mass is 19.4. The Hall–Kier alpha value is -5.08. The number of aryl methyl sites for hydroxylation is 2. The minimum absolute atomic E-state index is 0.127. The van der Waals surface area contributed by atoms with Crippen LogP contribution in [0.25, 0.3) is 22.3 Å². The number of fused-ring (bicyclic) bond motifs is 2. The molecule has 4 fully saturated rings. The average molecular weight is 879 g/mol. The molecule has 2 aliphatic heterocycles. The number of rotatable bonds is 12. The van der Waals surface area contributed by atoms with Crippen molar-refractivity contribution in [1.82, 2.24) is 0 Å². The van der Waals surface area contributed by atoms with Gasteiger partial charge in [-0.25, -0.2) is 9.59 Å². The molecule has 0 spiro atoms. The number of carbonyl (C=O) groups excluding carboxylic acids is 1. The summed E-state index contributed by atoms with van der Waals surface area (Å²) in [5, 5.41) is 9.89. The van der Waals surface area contributed by atoms with Crippen molar-refractivity contribution in [2.24, 2.45) is 0 Å². The van der Waals surface area contributed by atoms with E-state index in [4.69, 9.17) is 23.7 Å². The molecule has 0 bridgehead atoms. The van der Waals surface area contributed by atoms with Crippen LogP contribution in [0.1, 0.15) is 133 Å². The Morgan fingerprint density at radius 2 is 1.05 bits per heavy atom. The van der Waals surface area contributed by atoms with E-state index in [0.29, 0.717) is 48.3 Å². The molecule has 2 heterocycles. The maximum atomic E-state index is 14.2. The van der Waals surface area contributed by atoms with E-state index in [2.05, 4.69) is 0 Å². The molecule has 0 amide bonds. The number of aliphatic carboxylic acids is 1. The first-order valence-corrected chi connectivity index (χ1v) is 21.8. The molecule has 2 atom stereocenters. The van der Waals surface area contributed by atoms with Crippen molar-refractivity contribution >= 4 is 11.9 Å². The van der Waals surface area contributed by atoms with Gasteiger partial charge in [-0.1, -0.05) is 24.3 Å². The fourth-order valence-corrected chi connectivity index (χ4v) is 8.85. The van der Waals surface area contributed by atoms with Gasteiger partial charge in [-0.2, -0.15) is 26.3 Å². The lowest BCUT2D eigenvalue weighted by molar-refractivity contribution is -0.158. The highest BCUT2D eigenvalue weighted by Gasteiger charge is 2.45. The third kappa shape index (κ3) is 9.43. The van der Waals surface area contributed by atoms with Crippen molar-refractivity contribution in [2.45, 2.75) is 126 Å². The largest absolute Gasteiger partial charge is 0.493 e. The summed E-state index contributed by atoms with van der Waals surface area (Å²) in [6.07, 6.45) is -3.30. The van der Waals surface area contributed by atoms with Crippen LogP contribution in [0.5, 0.6) is 11.5 Å². The minimum Gasteiger partial charge on any atom is -0.493 e. The Bertz CT molecular complexity index is 2390.